The summed E-state index contributed by atoms with van der Waals surface area (Å²) >= 11 is 5.69. The molecule has 4 heteroatoms. The molecule has 16 heavy (non-hydrogen) atoms. The van der Waals surface area contributed by atoms with E-state index in [0.717, 1.165) is 0 Å². The molecule has 0 aliphatic rings. The highest BCUT2D eigenvalue weighted by Gasteiger charge is 2.13. The number of hydrogen-bond acceptors (Lipinski definition) is 1. The fourth-order valence-corrected chi connectivity index (χ4v) is 1.57. The number of hydrogen-bond donors (Lipinski definition) is 0. The van der Waals surface area contributed by atoms with Crippen molar-refractivity contribution in [2.75, 3.05) is 0 Å². The van der Waals surface area contributed by atoms with Crippen LogP contribution in [0.1, 0.15) is 5.56 Å². The summed E-state index contributed by atoms with van der Waals surface area (Å²) in [6.07, 6.45) is 0. The summed E-state index contributed by atoms with van der Waals surface area (Å²) in [4.78, 5) is 3.93. The first-order valence-electron chi connectivity index (χ1n) is 4.67. The molecule has 0 radical (unpaired) electrons. The molecule has 2 aromatic rings. The van der Waals surface area contributed by atoms with Crippen LogP contribution in [-0.4, -0.2) is 4.98 Å². The highest BCUT2D eigenvalue weighted by molar-refractivity contribution is 6.29. The molecule has 0 saturated heterocycles. The van der Waals surface area contributed by atoms with Gasteiger partial charge in [-0.3, -0.25) is 0 Å². The molecule has 0 fully saturated rings. The summed E-state index contributed by atoms with van der Waals surface area (Å²) in [5.41, 5.74) is 0.706. The Morgan fingerprint density at radius 1 is 1.06 bits per heavy atom. The molecule has 1 aromatic carbocycles. The van der Waals surface area contributed by atoms with Crippen LogP contribution < -0.4 is 0 Å². The topological polar surface area (TPSA) is 12.9 Å². The van der Waals surface area contributed by atoms with E-state index in [0.29, 0.717) is 5.69 Å². The summed E-state index contributed by atoms with van der Waals surface area (Å²) in [6.45, 7) is 1.51. The van der Waals surface area contributed by atoms with Crippen LogP contribution >= 0.6 is 11.6 Å². The second kappa shape index (κ2) is 4.18. The maximum Gasteiger partial charge on any atom is 0.168 e. The smallest absolute Gasteiger partial charge is 0.168 e. The summed E-state index contributed by atoms with van der Waals surface area (Å²) in [7, 11) is 0. The van der Waals surface area contributed by atoms with Crippen LogP contribution in [0.4, 0.5) is 8.78 Å². The largest absolute Gasteiger partial charge is 0.236 e. The lowest BCUT2D eigenvalue weighted by molar-refractivity contribution is 0.505. The predicted octanol–water partition coefficient (Wildman–Crippen LogP) is 3.99. The lowest BCUT2D eigenvalue weighted by Gasteiger charge is -2.05. The molecule has 2 rings (SSSR count). The summed E-state index contributed by atoms with van der Waals surface area (Å²) in [5, 5.41) is 0.248. The Bertz CT molecular complexity index is 541. The van der Waals surface area contributed by atoms with Gasteiger partial charge in [0.15, 0.2) is 11.6 Å². The van der Waals surface area contributed by atoms with Crippen LogP contribution in [-0.2, 0) is 0 Å². The molecule has 0 aliphatic heterocycles. The van der Waals surface area contributed by atoms with Gasteiger partial charge >= 0.3 is 0 Å². The number of nitrogens with zero attached hydrogens (tertiary/aromatic N) is 1. The standard InChI is InChI=1S/C12H8ClF2N/c1-7-5-6-8(12(15)11(7)14)9-3-2-4-10(13)16-9/h2-6H,1H3. The van der Waals surface area contributed by atoms with Gasteiger partial charge in [0, 0.05) is 5.56 Å². The maximum atomic E-state index is 13.6. The van der Waals surface area contributed by atoms with Crippen molar-refractivity contribution in [3.8, 4) is 11.3 Å². The number of aromatic nitrogens is 1. The lowest BCUT2D eigenvalue weighted by atomic mass is 10.1. The molecule has 0 aliphatic carbocycles. The van der Waals surface area contributed by atoms with Gasteiger partial charge in [-0.2, -0.15) is 0 Å². The number of pyridine rings is 1. The predicted molar refractivity (Wildman–Crippen MR) is 59.3 cm³/mol. The average molecular weight is 240 g/mol. The van der Waals surface area contributed by atoms with E-state index in [1.807, 2.05) is 0 Å². The molecule has 0 saturated carbocycles. The number of rotatable bonds is 1. The van der Waals surface area contributed by atoms with Gasteiger partial charge in [-0.15, -0.1) is 0 Å². The van der Waals surface area contributed by atoms with Gasteiger partial charge in [-0.1, -0.05) is 23.7 Å². The van der Waals surface area contributed by atoms with Gasteiger partial charge in [-0.25, -0.2) is 13.8 Å². The quantitative estimate of drug-likeness (QED) is 0.686. The van der Waals surface area contributed by atoms with Crippen molar-refractivity contribution >= 4 is 11.6 Å². The van der Waals surface area contributed by atoms with E-state index in [-0.39, 0.29) is 16.3 Å². The first kappa shape index (κ1) is 11.0. The van der Waals surface area contributed by atoms with Crippen molar-refractivity contribution in [3.63, 3.8) is 0 Å². The Morgan fingerprint density at radius 2 is 1.81 bits per heavy atom. The highest BCUT2D eigenvalue weighted by atomic mass is 35.5. The van der Waals surface area contributed by atoms with Gasteiger partial charge in [0.1, 0.15) is 5.15 Å². The Balaban J connectivity index is 2.61. The number of benzene rings is 1. The molecule has 0 N–H and O–H groups in total. The second-order valence-electron chi connectivity index (χ2n) is 3.40. The monoisotopic (exact) mass is 239 g/mol. The van der Waals surface area contributed by atoms with Crippen LogP contribution in [0.2, 0.25) is 5.15 Å². The molecular formula is C12H8ClF2N. The van der Waals surface area contributed by atoms with Crippen LogP contribution in [0.3, 0.4) is 0 Å². The van der Waals surface area contributed by atoms with Crippen molar-refractivity contribution in [1.29, 1.82) is 0 Å². The van der Waals surface area contributed by atoms with Crippen molar-refractivity contribution in [3.05, 3.63) is 52.7 Å². The Labute approximate surface area is 96.7 Å². The number of halogens is 3. The van der Waals surface area contributed by atoms with Gasteiger partial charge in [0.25, 0.3) is 0 Å². The van der Waals surface area contributed by atoms with Crippen molar-refractivity contribution in [2.24, 2.45) is 0 Å². The molecule has 0 bridgehead atoms. The number of aryl methyl sites for hydroxylation is 1. The van der Waals surface area contributed by atoms with Gasteiger partial charge in [0.05, 0.1) is 5.69 Å². The highest BCUT2D eigenvalue weighted by Crippen LogP contribution is 2.25. The molecule has 0 amide bonds. The van der Waals surface area contributed by atoms with Gasteiger partial charge in [-0.05, 0) is 30.7 Å². The SMILES string of the molecule is Cc1ccc(-c2cccc(Cl)n2)c(F)c1F. The first-order chi connectivity index (χ1) is 7.59. The normalized spacial score (nSPS) is 10.5. The van der Waals surface area contributed by atoms with E-state index in [2.05, 4.69) is 4.98 Å². The third kappa shape index (κ3) is 1.91. The average Bonchev–Trinajstić information content (AvgIpc) is 2.26. The van der Waals surface area contributed by atoms with Crippen LogP contribution in [0.25, 0.3) is 11.3 Å². The van der Waals surface area contributed by atoms with E-state index in [9.17, 15) is 8.78 Å². The van der Waals surface area contributed by atoms with E-state index in [4.69, 9.17) is 11.6 Å². The van der Waals surface area contributed by atoms with Crippen LogP contribution in [0.15, 0.2) is 30.3 Å². The van der Waals surface area contributed by atoms with E-state index in [1.54, 1.807) is 18.2 Å². The summed E-state index contributed by atoms with van der Waals surface area (Å²) in [5.74, 6) is -1.74. The lowest BCUT2D eigenvalue weighted by Crippen LogP contribution is -1.94. The van der Waals surface area contributed by atoms with Crippen molar-refractivity contribution in [1.82, 2.24) is 4.98 Å². The molecular weight excluding hydrogens is 232 g/mol. The third-order valence-electron chi connectivity index (χ3n) is 2.27. The Kier molecular flexibility index (Phi) is 2.88. The minimum atomic E-state index is -0.894. The zero-order valence-electron chi connectivity index (χ0n) is 8.47. The zero-order valence-corrected chi connectivity index (χ0v) is 9.22. The molecule has 0 unspecified atom stereocenters. The van der Waals surface area contributed by atoms with Crippen LogP contribution in [0, 0.1) is 18.6 Å². The maximum absolute atomic E-state index is 13.6. The van der Waals surface area contributed by atoms with E-state index in [1.165, 1.54) is 19.1 Å². The van der Waals surface area contributed by atoms with E-state index < -0.39 is 11.6 Å². The molecule has 82 valence electrons. The minimum absolute atomic E-state index is 0.116. The third-order valence-corrected chi connectivity index (χ3v) is 2.48. The molecule has 1 heterocycles. The molecule has 0 atom stereocenters. The first-order valence-corrected chi connectivity index (χ1v) is 5.05. The summed E-state index contributed by atoms with van der Waals surface area (Å²) < 4.78 is 27.0. The zero-order chi connectivity index (χ0) is 11.7. The van der Waals surface area contributed by atoms with Gasteiger partial charge < -0.3 is 0 Å². The van der Waals surface area contributed by atoms with Crippen LogP contribution in [0.5, 0.6) is 0 Å². The Morgan fingerprint density at radius 3 is 2.50 bits per heavy atom. The van der Waals surface area contributed by atoms with Crippen molar-refractivity contribution in [2.45, 2.75) is 6.92 Å². The molecule has 0 spiro atoms. The van der Waals surface area contributed by atoms with Gasteiger partial charge in [0.2, 0.25) is 0 Å². The van der Waals surface area contributed by atoms with Crippen molar-refractivity contribution < 1.29 is 8.78 Å². The van der Waals surface area contributed by atoms with E-state index >= 15 is 0 Å². The minimum Gasteiger partial charge on any atom is -0.236 e. The molecule has 1 aromatic heterocycles. The second-order valence-corrected chi connectivity index (χ2v) is 3.79. The fourth-order valence-electron chi connectivity index (χ4n) is 1.40. The molecule has 1 nitrogen and oxygen atoms in total. The summed E-state index contributed by atoms with van der Waals surface area (Å²) in [6, 6.07) is 7.80. The fraction of sp³-hybridized carbons (Fsp3) is 0.0833. The Hall–Kier alpha value is -1.48.